The number of ketones is 1. The Morgan fingerprint density at radius 3 is 2.40 bits per heavy atom. The SMILES string of the molecule is CN(C)c1ccc(C2C3=C(CC(C)(C)CC3=O)Oc3ccc4ccccc4c32)cc1. The van der Waals surface area contributed by atoms with Crippen molar-refractivity contribution in [2.45, 2.75) is 32.6 Å². The van der Waals surface area contributed by atoms with Crippen LogP contribution in [0, 0.1) is 5.41 Å². The Morgan fingerprint density at radius 2 is 1.67 bits per heavy atom. The van der Waals surface area contributed by atoms with E-state index in [1.165, 1.54) is 5.39 Å². The number of fused-ring (bicyclic) bond motifs is 3. The highest BCUT2D eigenvalue weighted by atomic mass is 16.5. The van der Waals surface area contributed by atoms with Crippen molar-refractivity contribution in [1.29, 1.82) is 0 Å². The number of allylic oxidation sites excluding steroid dienone is 2. The second-order valence-corrected chi connectivity index (χ2v) is 9.50. The lowest BCUT2D eigenvalue weighted by molar-refractivity contribution is -0.118. The van der Waals surface area contributed by atoms with E-state index in [1.807, 2.05) is 14.1 Å². The number of hydrogen-bond donors (Lipinski definition) is 0. The van der Waals surface area contributed by atoms with Gasteiger partial charge in [-0.3, -0.25) is 4.79 Å². The maximum atomic E-state index is 13.4. The summed E-state index contributed by atoms with van der Waals surface area (Å²) in [5, 5.41) is 2.32. The molecule has 152 valence electrons. The van der Waals surface area contributed by atoms with Crippen LogP contribution < -0.4 is 9.64 Å². The summed E-state index contributed by atoms with van der Waals surface area (Å²) in [6.45, 7) is 4.30. The van der Waals surface area contributed by atoms with Gasteiger partial charge in [0.15, 0.2) is 5.78 Å². The van der Waals surface area contributed by atoms with Crippen LogP contribution in [0.4, 0.5) is 5.69 Å². The largest absolute Gasteiger partial charge is 0.461 e. The molecule has 3 aromatic carbocycles. The third kappa shape index (κ3) is 3.00. The van der Waals surface area contributed by atoms with E-state index in [0.717, 1.165) is 45.7 Å². The fourth-order valence-corrected chi connectivity index (χ4v) is 4.93. The number of rotatable bonds is 2. The molecule has 0 radical (unpaired) electrons. The van der Waals surface area contributed by atoms with Crippen molar-refractivity contribution in [3.8, 4) is 5.75 Å². The Balaban J connectivity index is 1.77. The second kappa shape index (κ2) is 6.73. The first kappa shape index (κ1) is 18.9. The van der Waals surface area contributed by atoms with E-state index in [9.17, 15) is 4.79 Å². The highest BCUT2D eigenvalue weighted by molar-refractivity contribution is 6.02. The molecule has 1 aliphatic carbocycles. The molecule has 0 aromatic heterocycles. The van der Waals surface area contributed by atoms with Gasteiger partial charge < -0.3 is 9.64 Å². The average Bonchev–Trinajstić information content (AvgIpc) is 2.71. The van der Waals surface area contributed by atoms with Crippen LogP contribution in [-0.4, -0.2) is 19.9 Å². The molecule has 1 unspecified atom stereocenters. The molecule has 0 amide bonds. The lowest BCUT2D eigenvalue weighted by atomic mass is 9.69. The van der Waals surface area contributed by atoms with Gasteiger partial charge in [-0.05, 0) is 39.9 Å². The molecule has 2 aliphatic rings. The average molecular weight is 398 g/mol. The van der Waals surface area contributed by atoms with Gasteiger partial charge >= 0.3 is 0 Å². The van der Waals surface area contributed by atoms with Crippen LogP contribution in [0.15, 0.2) is 72.0 Å². The molecular weight excluding hydrogens is 370 g/mol. The zero-order chi connectivity index (χ0) is 21.0. The van der Waals surface area contributed by atoms with Crippen LogP contribution in [0.2, 0.25) is 0 Å². The number of benzene rings is 3. The van der Waals surface area contributed by atoms with Gasteiger partial charge in [-0.2, -0.15) is 0 Å². The molecule has 0 N–H and O–H groups in total. The maximum absolute atomic E-state index is 13.4. The summed E-state index contributed by atoms with van der Waals surface area (Å²) in [5.41, 5.74) is 4.16. The van der Waals surface area contributed by atoms with Crippen LogP contribution >= 0.6 is 0 Å². The number of nitrogens with zero attached hydrogens (tertiary/aromatic N) is 1. The first-order chi connectivity index (χ1) is 14.3. The Labute approximate surface area is 178 Å². The molecule has 0 spiro atoms. The monoisotopic (exact) mass is 397 g/mol. The molecule has 1 heterocycles. The predicted octanol–water partition coefficient (Wildman–Crippen LogP) is 6.07. The number of ether oxygens (including phenoxy) is 1. The van der Waals surface area contributed by atoms with Crippen LogP contribution in [0.5, 0.6) is 5.75 Å². The topological polar surface area (TPSA) is 29.5 Å². The molecule has 0 saturated carbocycles. The smallest absolute Gasteiger partial charge is 0.163 e. The molecule has 0 bridgehead atoms. The van der Waals surface area contributed by atoms with Gasteiger partial charge in [0.25, 0.3) is 0 Å². The van der Waals surface area contributed by atoms with Crippen molar-refractivity contribution in [1.82, 2.24) is 0 Å². The number of carbonyl (C=O) groups excluding carboxylic acids is 1. The van der Waals surface area contributed by atoms with E-state index in [1.54, 1.807) is 0 Å². The molecule has 3 heteroatoms. The molecule has 0 saturated heterocycles. The zero-order valence-corrected chi connectivity index (χ0v) is 18.0. The fraction of sp³-hybridized carbons (Fsp3) is 0.296. The van der Waals surface area contributed by atoms with Gasteiger partial charge in [-0.15, -0.1) is 0 Å². The first-order valence-electron chi connectivity index (χ1n) is 10.6. The molecular formula is C27H27NO2. The van der Waals surface area contributed by atoms with Gasteiger partial charge in [0, 0.05) is 49.7 Å². The number of Topliss-reactive ketones (excluding diaryl/α,β-unsaturated/α-hetero) is 1. The molecule has 1 aliphatic heterocycles. The second-order valence-electron chi connectivity index (χ2n) is 9.50. The number of hydrogen-bond acceptors (Lipinski definition) is 3. The summed E-state index contributed by atoms with van der Waals surface area (Å²) in [6, 6.07) is 21.1. The van der Waals surface area contributed by atoms with Gasteiger partial charge in [0.2, 0.25) is 0 Å². The Hall–Kier alpha value is -3.07. The highest BCUT2D eigenvalue weighted by Gasteiger charge is 2.42. The minimum absolute atomic E-state index is 0.0798. The van der Waals surface area contributed by atoms with E-state index < -0.39 is 0 Å². The van der Waals surface area contributed by atoms with E-state index in [4.69, 9.17) is 4.74 Å². The summed E-state index contributed by atoms with van der Waals surface area (Å²) in [5.74, 6) is 1.83. The third-order valence-electron chi connectivity index (χ3n) is 6.36. The van der Waals surface area contributed by atoms with E-state index in [0.29, 0.717) is 6.42 Å². The normalized spacial score (nSPS) is 19.9. The fourth-order valence-electron chi connectivity index (χ4n) is 4.93. The van der Waals surface area contributed by atoms with Gasteiger partial charge in [-0.25, -0.2) is 0 Å². The molecule has 0 fully saturated rings. The predicted molar refractivity (Wildman–Crippen MR) is 122 cm³/mol. The van der Waals surface area contributed by atoms with Crippen molar-refractivity contribution in [2.75, 3.05) is 19.0 Å². The minimum atomic E-state index is -0.102. The maximum Gasteiger partial charge on any atom is 0.163 e. The van der Waals surface area contributed by atoms with Crippen LogP contribution in [0.25, 0.3) is 10.8 Å². The zero-order valence-electron chi connectivity index (χ0n) is 18.0. The summed E-state index contributed by atoms with van der Waals surface area (Å²) in [7, 11) is 4.08. The molecule has 30 heavy (non-hydrogen) atoms. The van der Waals surface area contributed by atoms with Crippen molar-refractivity contribution in [3.05, 3.63) is 83.1 Å². The Bertz CT molecular complexity index is 1190. The summed E-state index contributed by atoms with van der Waals surface area (Å²) in [6.07, 6.45) is 1.34. The standard InChI is InChI=1S/C27H27NO2/c1-27(2)15-21(29)26-23(16-27)30-22-14-11-17-7-5-6-8-20(17)25(22)24(26)18-9-12-19(13-10-18)28(3)4/h5-14,24H,15-16H2,1-4H3. The van der Waals surface area contributed by atoms with Gasteiger partial charge in [0.05, 0.1) is 0 Å². The van der Waals surface area contributed by atoms with E-state index in [-0.39, 0.29) is 17.1 Å². The minimum Gasteiger partial charge on any atom is -0.461 e. The lowest BCUT2D eigenvalue weighted by Gasteiger charge is -2.38. The quantitative estimate of drug-likeness (QED) is 0.525. The van der Waals surface area contributed by atoms with Crippen LogP contribution in [0.3, 0.4) is 0 Å². The van der Waals surface area contributed by atoms with Gasteiger partial charge in [-0.1, -0.05) is 56.3 Å². The molecule has 3 aromatic rings. The summed E-state index contributed by atoms with van der Waals surface area (Å²) in [4.78, 5) is 15.5. The highest BCUT2D eigenvalue weighted by Crippen LogP contribution is 2.51. The van der Waals surface area contributed by atoms with Crippen LogP contribution in [-0.2, 0) is 4.79 Å². The van der Waals surface area contributed by atoms with E-state index in [2.05, 4.69) is 79.4 Å². The first-order valence-corrected chi connectivity index (χ1v) is 10.6. The van der Waals surface area contributed by atoms with Crippen molar-refractivity contribution >= 4 is 22.2 Å². The van der Waals surface area contributed by atoms with Crippen LogP contribution in [0.1, 0.15) is 43.7 Å². The van der Waals surface area contributed by atoms with Gasteiger partial charge in [0.1, 0.15) is 11.5 Å². The van der Waals surface area contributed by atoms with Crippen molar-refractivity contribution in [3.63, 3.8) is 0 Å². The Kier molecular flexibility index (Phi) is 4.25. The number of carbonyl (C=O) groups is 1. The third-order valence-corrected chi connectivity index (χ3v) is 6.36. The van der Waals surface area contributed by atoms with E-state index >= 15 is 0 Å². The lowest BCUT2D eigenvalue weighted by Crippen LogP contribution is -2.33. The molecule has 1 atom stereocenters. The molecule has 3 nitrogen and oxygen atoms in total. The van der Waals surface area contributed by atoms with Crippen molar-refractivity contribution < 1.29 is 9.53 Å². The Morgan fingerprint density at radius 1 is 0.933 bits per heavy atom. The summed E-state index contributed by atoms with van der Waals surface area (Å²) < 4.78 is 6.41. The summed E-state index contributed by atoms with van der Waals surface area (Å²) >= 11 is 0. The molecule has 5 rings (SSSR count). The van der Waals surface area contributed by atoms with Crippen molar-refractivity contribution in [2.24, 2.45) is 5.41 Å². The number of anilines is 1.